The number of carbonyl (C=O) groups is 5. The first-order chi connectivity index (χ1) is 28.1. The molecule has 2 N–H and O–H groups in total. The monoisotopic (exact) mass is 807 g/mol. The summed E-state index contributed by atoms with van der Waals surface area (Å²) in [5, 5.41) is 15.0. The molecule has 5 amide bonds. The molecule has 4 fully saturated rings. The number of imide groups is 2. The summed E-state index contributed by atoms with van der Waals surface area (Å²) in [5.74, 6) is -0.752. The number of carbonyl (C=O) groups excluding carboxylic acids is 5. The number of piperidine rings is 2. The number of hydrogen-bond donors (Lipinski definition) is 2. The number of likely N-dealkylation sites (tertiary alicyclic amines) is 1. The molecule has 6 aliphatic rings. The van der Waals surface area contributed by atoms with Crippen LogP contribution in [0.3, 0.4) is 0 Å². The van der Waals surface area contributed by atoms with Crippen LogP contribution in [0, 0.1) is 23.2 Å². The molecule has 3 saturated heterocycles. The van der Waals surface area contributed by atoms with Crippen molar-refractivity contribution in [2.24, 2.45) is 11.8 Å². The molecule has 304 valence electrons. The van der Waals surface area contributed by atoms with Gasteiger partial charge in [0.15, 0.2) is 0 Å². The summed E-state index contributed by atoms with van der Waals surface area (Å²) in [4.78, 5) is 72.2. The summed E-state index contributed by atoms with van der Waals surface area (Å²) < 4.78 is 6.11. The fraction of sp³-hybridized carbons (Fsp3) is 0.500. The summed E-state index contributed by atoms with van der Waals surface area (Å²) in [6.45, 7) is 6.61. The Labute approximate surface area is 344 Å². The maximum absolute atomic E-state index is 13.4. The van der Waals surface area contributed by atoms with Crippen LogP contribution in [-0.2, 0) is 14.4 Å². The third kappa shape index (κ3) is 8.64. The van der Waals surface area contributed by atoms with E-state index in [0.29, 0.717) is 39.8 Å². The Kier molecular flexibility index (Phi) is 11.9. The number of fused-ring (bicyclic) bond motifs is 1. The molecule has 0 spiro atoms. The highest BCUT2D eigenvalue weighted by Crippen LogP contribution is 2.33. The zero-order valence-corrected chi connectivity index (χ0v) is 33.4. The predicted molar refractivity (Wildman–Crippen MR) is 217 cm³/mol. The fourth-order valence-corrected chi connectivity index (χ4v) is 9.54. The molecule has 13 nitrogen and oxygen atoms in total. The van der Waals surface area contributed by atoms with E-state index in [0.717, 1.165) is 101 Å². The molecule has 2 aromatic rings. The van der Waals surface area contributed by atoms with Crippen LogP contribution < -0.4 is 20.3 Å². The number of nitrogens with one attached hydrogen (secondary N) is 2. The molecule has 58 heavy (non-hydrogen) atoms. The third-order valence-electron chi connectivity index (χ3n) is 12.7. The average Bonchev–Trinajstić information content (AvgIpc) is 3.34. The van der Waals surface area contributed by atoms with Gasteiger partial charge in [0.25, 0.3) is 11.8 Å². The van der Waals surface area contributed by atoms with E-state index in [1.807, 2.05) is 6.07 Å². The van der Waals surface area contributed by atoms with E-state index in [-0.39, 0.29) is 42.7 Å². The van der Waals surface area contributed by atoms with E-state index in [4.69, 9.17) is 21.6 Å². The smallest absolute Gasteiger partial charge is 0.262 e. The van der Waals surface area contributed by atoms with Gasteiger partial charge in [0.1, 0.15) is 17.9 Å². The van der Waals surface area contributed by atoms with Gasteiger partial charge in [-0.2, -0.15) is 5.26 Å². The first-order valence-corrected chi connectivity index (χ1v) is 21.1. The summed E-state index contributed by atoms with van der Waals surface area (Å²) >= 11 is 6.16. The van der Waals surface area contributed by atoms with Crippen LogP contribution in [0.2, 0.25) is 5.02 Å². The van der Waals surface area contributed by atoms with E-state index in [2.05, 4.69) is 49.6 Å². The van der Waals surface area contributed by atoms with E-state index in [1.54, 1.807) is 30.3 Å². The maximum atomic E-state index is 13.4. The van der Waals surface area contributed by atoms with Crippen molar-refractivity contribution in [3.63, 3.8) is 0 Å². The lowest BCUT2D eigenvalue weighted by Crippen LogP contribution is -2.54. The first kappa shape index (κ1) is 39.6. The van der Waals surface area contributed by atoms with Crippen molar-refractivity contribution in [1.29, 1.82) is 5.26 Å². The number of benzene rings is 2. The SMILES string of the molecule is N#Cc1ccc(O[C@H]2CC[C@H](NC(=O)C3C=CC(N4CCC(CN5CCCN(c6ccc7c(c6)C(=O)N(C6CCC(=O)NC6=O)C7=O)CC5)CC4)=CC3)CC2)cc1Cl. The second kappa shape index (κ2) is 17.3. The van der Waals surface area contributed by atoms with Crippen LogP contribution in [0.1, 0.15) is 90.5 Å². The van der Waals surface area contributed by atoms with Crippen molar-refractivity contribution in [3.05, 3.63) is 82.0 Å². The molecule has 1 saturated carbocycles. The van der Waals surface area contributed by atoms with Crippen LogP contribution in [-0.4, -0.2) is 108 Å². The molecule has 2 unspecified atom stereocenters. The molecule has 2 aliphatic carbocycles. The minimum atomic E-state index is -0.970. The van der Waals surface area contributed by atoms with Gasteiger partial charge in [0.2, 0.25) is 17.7 Å². The molecule has 14 heteroatoms. The quantitative estimate of drug-likeness (QED) is 0.338. The van der Waals surface area contributed by atoms with Crippen LogP contribution in [0.5, 0.6) is 5.75 Å². The highest BCUT2D eigenvalue weighted by atomic mass is 35.5. The highest BCUT2D eigenvalue weighted by Gasteiger charge is 2.45. The first-order valence-electron chi connectivity index (χ1n) is 20.8. The summed E-state index contributed by atoms with van der Waals surface area (Å²) in [6.07, 6.45) is 14.0. The van der Waals surface area contributed by atoms with Gasteiger partial charge in [-0.05, 0) is 107 Å². The number of allylic oxidation sites excluding steroid dienone is 2. The van der Waals surface area contributed by atoms with Crippen molar-refractivity contribution in [2.45, 2.75) is 82.4 Å². The Morgan fingerprint density at radius 3 is 2.40 bits per heavy atom. The van der Waals surface area contributed by atoms with Gasteiger partial charge in [-0.1, -0.05) is 23.8 Å². The molecule has 0 radical (unpaired) electrons. The Hall–Kier alpha value is -5.19. The Morgan fingerprint density at radius 2 is 1.67 bits per heavy atom. The van der Waals surface area contributed by atoms with Gasteiger partial charge in [-0.3, -0.25) is 34.2 Å². The molecule has 8 rings (SSSR count). The van der Waals surface area contributed by atoms with Crippen molar-refractivity contribution >= 4 is 46.8 Å². The highest BCUT2D eigenvalue weighted by molar-refractivity contribution is 6.31. The van der Waals surface area contributed by atoms with E-state index in [1.165, 1.54) is 5.70 Å². The lowest BCUT2D eigenvalue weighted by Gasteiger charge is -2.37. The number of hydrogen-bond acceptors (Lipinski definition) is 10. The van der Waals surface area contributed by atoms with Crippen LogP contribution >= 0.6 is 11.6 Å². The van der Waals surface area contributed by atoms with Crippen LogP contribution in [0.15, 0.2) is 60.3 Å². The van der Waals surface area contributed by atoms with Crippen molar-refractivity contribution < 1.29 is 28.7 Å². The third-order valence-corrected chi connectivity index (χ3v) is 13.0. The van der Waals surface area contributed by atoms with E-state index in [9.17, 15) is 24.0 Å². The van der Waals surface area contributed by atoms with Gasteiger partial charge in [-0.15, -0.1) is 0 Å². The molecule has 0 bridgehead atoms. The van der Waals surface area contributed by atoms with Crippen molar-refractivity contribution in [2.75, 3.05) is 50.7 Å². The number of rotatable bonds is 9. The second-order valence-corrected chi connectivity index (χ2v) is 16.8. The van der Waals surface area contributed by atoms with Crippen molar-refractivity contribution in [1.82, 2.24) is 25.3 Å². The standard InChI is InChI=1S/C44H50ClN7O6/c45-38-25-35(10-4-30(38)26-46)58-34-11-5-31(6-12-34)47-41(54)29-2-7-32(8-3-29)51-20-16-28(17-21-51)27-49-18-1-19-50(23-22-49)33-9-13-36-37(24-33)44(57)52(43(36)56)39-14-15-40(53)48-42(39)55/h2,4,7-10,13,24-25,28-29,31,34,39H,1,3,5-6,11-12,14-23,27H2,(H,47,54)(H,48,53,55)/t29?,31-,34-,39?. The lowest BCUT2D eigenvalue weighted by molar-refractivity contribution is -0.136. The number of anilines is 1. The Morgan fingerprint density at radius 1 is 0.879 bits per heavy atom. The number of amides is 5. The van der Waals surface area contributed by atoms with Gasteiger partial charge < -0.3 is 24.8 Å². The largest absolute Gasteiger partial charge is 0.490 e. The Balaban J connectivity index is 0.749. The zero-order valence-electron chi connectivity index (χ0n) is 32.7. The average molecular weight is 808 g/mol. The minimum absolute atomic E-state index is 0.0604. The molecule has 4 heterocycles. The molecule has 4 aliphatic heterocycles. The number of halogens is 1. The zero-order chi connectivity index (χ0) is 40.3. The van der Waals surface area contributed by atoms with Crippen LogP contribution in [0.4, 0.5) is 5.69 Å². The molecule has 2 atom stereocenters. The van der Waals surface area contributed by atoms with E-state index >= 15 is 0 Å². The van der Waals surface area contributed by atoms with E-state index < -0.39 is 23.8 Å². The van der Waals surface area contributed by atoms with Crippen molar-refractivity contribution in [3.8, 4) is 11.8 Å². The second-order valence-electron chi connectivity index (χ2n) is 16.4. The number of nitrogens with zero attached hydrogens (tertiary/aromatic N) is 5. The molecule has 2 aromatic carbocycles. The van der Waals surface area contributed by atoms with Gasteiger partial charge in [0, 0.05) is 69.2 Å². The van der Waals surface area contributed by atoms with Gasteiger partial charge >= 0.3 is 0 Å². The maximum Gasteiger partial charge on any atom is 0.262 e. The predicted octanol–water partition coefficient (Wildman–Crippen LogP) is 4.80. The summed E-state index contributed by atoms with van der Waals surface area (Å²) in [7, 11) is 0. The molecular weight excluding hydrogens is 758 g/mol. The lowest BCUT2D eigenvalue weighted by atomic mass is 9.91. The summed E-state index contributed by atoms with van der Waals surface area (Å²) in [6, 6.07) is 11.8. The topological polar surface area (TPSA) is 155 Å². The number of ether oxygens (including phenoxy) is 1. The number of nitriles is 1. The Bertz CT molecular complexity index is 2060. The van der Waals surface area contributed by atoms with Crippen LogP contribution in [0.25, 0.3) is 0 Å². The normalized spacial score (nSPS) is 25.8. The molecular formula is C44H50ClN7O6. The fourth-order valence-electron chi connectivity index (χ4n) is 9.33. The summed E-state index contributed by atoms with van der Waals surface area (Å²) in [5.41, 5.74) is 3.16. The minimum Gasteiger partial charge on any atom is -0.490 e. The van der Waals surface area contributed by atoms with Gasteiger partial charge in [0.05, 0.1) is 33.7 Å². The van der Waals surface area contributed by atoms with Gasteiger partial charge in [-0.25, -0.2) is 0 Å². The molecule has 0 aromatic heterocycles.